The fourth-order valence-corrected chi connectivity index (χ4v) is 3.31. The Balaban J connectivity index is 1.95. The third-order valence-corrected chi connectivity index (χ3v) is 5.09. The molecule has 0 aliphatic carbocycles. The number of benzene rings is 2. The number of carbonyl (C=O) groups is 2. The third kappa shape index (κ3) is 3.21. The van der Waals surface area contributed by atoms with Crippen molar-refractivity contribution in [1.29, 1.82) is 0 Å². The Morgan fingerprint density at radius 3 is 2.07 bits per heavy atom. The van der Waals surface area contributed by atoms with Crippen LogP contribution >= 0.6 is 0 Å². The van der Waals surface area contributed by atoms with E-state index in [1.807, 2.05) is 38.1 Å². The molecular weight excluding hydrogens is 340 g/mol. The van der Waals surface area contributed by atoms with Gasteiger partial charge in [0.25, 0.3) is 5.91 Å². The fraction of sp³-hybridized carbons (Fsp3) is 0.273. The molecule has 2 aromatic rings. The first-order valence-electron chi connectivity index (χ1n) is 9.13. The summed E-state index contributed by atoms with van der Waals surface area (Å²) in [4.78, 5) is 28.7. The van der Waals surface area contributed by atoms with Crippen molar-refractivity contribution in [1.82, 2.24) is 0 Å². The Morgan fingerprint density at radius 2 is 1.52 bits per heavy atom. The number of hydrogen-bond acceptors (Lipinski definition) is 4. The van der Waals surface area contributed by atoms with Crippen LogP contribution in [0.2, 0.25) is 0 Å². The van der Waals surface area contributed by atoms with Gasteiger partial charge in [0, 0.05) is 18.8 Å². The second-order valence-corrected chi connectivity index (χ2v) is 6.66. The number of amides is 2. The van der Waals surface area contributed by atoms with Crippen LogP contribution < -0.4 is 9.80 Å². The lowest BCUT2D eigenvalue weighted by atomic mass is 10.00. The molecule has 0 saturated heterocycles. The topological polar surface area (TPSA) is 60.9 Å². The molecular formula is C22H24N2O3. The SMILES string of the molecule is CCN(CC)c1ccc(N2C(=O)C(O)=C(c3ccc(C)c(C)c3)C2=O)cc1. The number of carbonyl (C=O) groups excluding carboxylic acids is 2. The van der Waals surface area contributed by atoms with E-state index in [1.165, 1.54) is 0 Å². The van der Waals surface area contributed by atoms with Gasteiger partial charge in [0.15, 0.2) is 5.76 Å². The maximum absolute atomic E-state index is 12.9. The van der Waals surface area contributed by atoms with Gasteiger partial charge in [0.05, 0.1) is 11.3 Å². The van der Waals surface area contributed by atoms with Gasteiger partial charge in [0.2, 0.25) is 0 Å². The van der Waals surface area contributed by atoms with Gasteiger partial charge < -0.3 is 10.0 Å². The van der Waals surface area contributed by atoms with E-state index in [-0.39, 0.29) is 5.57 Å². The standard InChI is InChI=1S/C22H24N2O3/c1-5-23(6-2)17-9-11-18(12-10-17)24-21(26)19(20(25)22(24)27)16-8-7-14(3)15(4)13-16/h7-13,25H,5-6H2,1-4H3. The van der Waals surface area contributed by atoms with Crippen molar-refractivity contribution in [3.8, 4) is 0 Å². The van der Waals surface area contributed by atoms with Crippen LogP contribution in [0.1, 0.15) is 30.5 Å². The van der Waals surface area contributed by atoms with Crippen molar-refractivity contribution >= 4 is 28.8 Å². The van der Waals surface area contributed by atoms with E-state index in [1.54, 1.807) is 18.2 Å². The summed E-state index contributed by atoms with van der Waals surface area (Å²) in [5.41, 5.74) is 4.15. The van der Waals surface area contributed by atoms with Crippen molar-refractivity contribution in [2.75, 3.05) is 22.9 Å². The van der Waals surface area contributed by atoms with Crippen LogP contribution in [0.4, 0.5) is 11.4 Å². The number of rotatable bonds is 5. The van der Waals surface area contributed by atoms with Crippen LogP contribution in [-0.4, -0.2) is 30.0 Å². The molecule has 3 rings (SSSR count). The zero-order valence-corrected chi connectivity index (χ0v) is 16.1. The summed E-state index contributed by atoms with van der Waals surface area (Å²) in [6, 6.07) is 12.7. The molecule has 0 fully saturated rings. The zero-order chi connectivity index (χ0) is 19.7. The first-order valence-corrected chi connectivity index (χ1v) is 9.13. The predicted molar refractivity (Wildman–Crippen MR) is 108 cm³/mol. The van der Waals surface area contributed by atoms with Crippen molar-refractivity contribution < 1.29 is 14.7 Å². The van der Waals surface area contributed by atoms with E-state index >= 15 is 0 Å². The van der Waals surface area contributed by atoms with Gasteiger partial charge in [-0.3, -0.25) is 9.59 Å². The van der Waals surface area contributed by atoms with Gasteiger partial charge in [-0.25, -0.2) is 4.90 Å². The quantitative estimate of drug-likeness (QED) is 0.815. The molecule has 0 radical (unpaired) electrons. The van der Waals surface area contributed by atoms with Crippen LogP contribution in [0, 0.1) is 13.8 Å². The average Bonchev–Trinajstić information content (AvgIpc) is 2.88. The molecule has 0 unspecified atom stereocenters. The zero-order valence-electron chi connectivity index (χ0n) is 16.1. The highest BCUT2D eigenvalue weighted by atomic mass is 16.3. The Morgan fingerprint density at radius 1 is 0.889 bits per heavy atom. The minimum absolute atomic E-state index is 0.0518. The van der Waals surface area contributed by atoms with Gasteiger partial charge in [-0.15, -0.1) is 0 Å². The van der Waals surface area contributed by atoms with E-state index in [0.717, 1.165) is 34.8 Å². The highest BCUT2D eigenvalue weighted by molar-refractivity contribution is 6.44. The smallest absolute Gasteiger partial charge is 0.301 e. The lowest BCUT2D eigenvalue weighted by molar-refractivity contribution is -0.121. The normalized spacial score (nSPS) is 14.3. The van der Waals surface area contributed by atoms with Crippen molar-refractivity contribution in [3.05, 3.63) is 64.9 Å². The minimum Gasteiger partial charge on any atom is -0.502 e. The van der Waals surface area contributed by atoms with Crippen LogP contribution in [0.25, 0.3) is 5.57 Å². The molecule has 5 nitrogen and oxygen atoms in total. The molecule has 140 valence electrons. The lowest BCUT2D eigenvalue weighted by Gasteiger charge is -2.22. The summed E-state index contributed by atoms with van der Waals surface area (Å²) in [7, 11) is 0. The molecule has 0 saturated carbocycles. The Hall–Kier alpha value is -3.08. The molecule has 27 heavy (non-hydrogen) atoms. The molecule has 1 aliphatic heterocycles. The summed E-state index contributed by atoms with van der Waals surface area (Å²) in [6.45, 7) is 9.79. The van der Waals surface area contributed by atoms with Crippen molar-refractivity contribution in [3.63, 3.8) is 0 Å². The number of nitrogens with zero attached hydrogens (tertiary/aromatic N) is 2. The maximum Gasteiger partial charge on any atom is 0.301 e. The molecule has 1 N–H and O–H groups in total. The summed E-state index contributed by atoms with van der Waals surface area (Å²) >= 11 is 0. The van der Waals surface area contributed by atoms with E-state index in [4.69, 9.17) is 0 Å². The van der Waals surface area contributed by atoms with E-state index in [9.17, 15) is 14.7 Å². The number of anilines is 2. The molecule has 5 heteroatoms. The molecule has 0 atom stereocenters. The molecule has 2 amide bonds. The summed E-state index contributed by atoms with van der Waals surface area (Å²) < 4.78 is 0. The van der Waals surface area contributed by atoms with Gasteiger partial charge in [-0.05, 0) is 68.7 Å². The Labute approximate surface area is 159 Å². The first kappa shape index (κ1) is 18.7. The van der Waals surface area contributed by atoms with Gasteiger partial charge >= 0.3 is 5.91 Å². The summed E-state index contributed by atoms with van der Waals surface area (Å²) in [6.07, 6.45) is 0. The number of aryl methyl sites for hydroxylation is 2. The molecule has 0 spiro atoms. The molecule has 2 aromatic carbocycles. The van der Waals surface area contributed by atoms with Crippen LogP contribution in [0.3, 0.4) is 0 Å². The van der Waals surface area contributed by atoms with Crippen LogP contribution in [0.5, 0.6) is 0 Å². The lowest BCUT2D eigenvalue weighted by Crippen LogP contribution is -2.31. The number of imide groups is 1. The highest BCUT2D eigenvalue weighted by Crippen LogP contribution is 2.33. The minimum atomic E-state index is -0.691. The van der Waals surface area contributed by atoms with Crippen LogP contribution in [-0.2, 0) is 9.59 Å². The van der Waals surface area contributed by atoms with Crippen molar-refractivity contribution in [2.24, 2.45) is 0 Å². The molecule has 0 aromatic heterocycles. The van der Waals surface area contributed by atoms with Gasteiger partial charge in [-0.1, -0.05) is 18.2 Å². The summed E-state index contributed by atoms with van der Waals surface area (Å²) in [5.74, 6) is -1.70. The number of aliphatic hydroxyl groups is 1. The largest absolute Gasteiger partial charge is 0.502 e. The van der Waals surface area contributed by atoms with Crippen molar-refractivity contribution in [2.45, 2.75) is 27.7 Å². The second kappa shape index (κ2) is 7.27. The highest BCUT2D eigenvalue weighted by Gasteiger charge is 2.40. The fourth-order valence-electron chi connectivity index (χ4n) is 3.31. The average molecular weight is 364 g/mol. The first-order chi connectivity index (χ1) is 12.9. The van der Waals surface area contributed by atoms with E-state index in [0.29, 0.717) is 11.3 Å². The number of hydrogen-bond donors (Lipinski definition) is 1. The van der Waals surface area contributed by atoms with Gasteiger partial charge in [-0.2, -0.15) is 0 Å². The number of aliphatic hydroxyl groups excluding tert-OH is 1. The molecule has 0 bridgehead atoms. The van der Waals surface area contributed by atoms with Crippen LogP contribution in [0.15, 0.2) is 48.2 Å². The second-order valence-electron chi connectivity index (χ2n) is 6.66. The molecule has 1 heterocycles. The summed E-state index contributed by atoms with van der Waals surface area (Å²) in [5, 5.41) is 10.4. The monoisotopic (exact) mass is 364 g/mol. The third-order valence-electron chi connectivity index (χ3n) is 5.09. The van der Waals surface area contributed by atoms with E-state index in [2.05, 4.69) is 18.7 Å². The van der Waals surface area contributed by atoms with Gasteiger partial charge in [0.1, 0.15) is 0 Å². The van der Waals surface area contributed by atoms with E-state index < -0.39 is 17.6 Å². The predicted octanol–water partition coefficient (Wildman–Crippen LogP) is 3.99. The molecule has 1 aliphatic rings. The Bertz CT molecular complexity index is 925. The Kier molecular flexibility index (Phi) is 5.04. The maximum atomic E-state index is 12.9.